The lowest BCUT2D eigenvalue weighted by Crippen LogP contribution is -2.70. The van der Waals surface area contributed by atoms with E-state index in [4.69, 9.17) is 4.74 Å². The molecule has 2 fully saturated rings. The predicted octanol–water partition coefficient (Wildman–Crippen LogP) is 1.08. The van der Waals surface area contributed by atoms with Gasteiger partial charge < -0.3 is 15.2 Å². The molecule has 178 valence electrons. The van der Waals surface area contributed by atoms with Crippen LogP contribution in [0.2, 0.25) is 0 Å². The van der Waals surface area contributed by atoms with Gasteiger partial charge in [0.15, 0.2) is 5.69 Å². The Morgan fingerprint density at radius 3 is 2.61 bits per heavy atom. The average molecular weight is 488 g/mol. The van der Waals surface area contributed by atoms with Gasteiger partial charge in [-0.2, -0.15) is 18.3 Å². The van der Waals surface area contributed by atoms with Crippen molar-refractivity contribution in [2.45, 2.75) is 49.8 Å². The molecule has 33 heavy (non-hydrogen) atoms. The highest BCUT2D eigenvalue weighted by Gasteiger charge is 2.54. The molecule has 0 radical (unpaired) electrons. The van der Waals surface area contributed by atoms with E-state index >= 15 is 0 Å². The van der Waals surface area contributed by atoms with Gasteiger partial charge in [0.2, 0.25) is 5.91 Å². The van der Waals surface area contributed by atoms with E-state index in [1.54, 1.807) is 0 Å². The van der Waals surface area contributed by atoms with Crippen LogP contribution in [0, 0.1) is 0 Å². The van der Waals surface area contributed by atoms with Crippen LogP contribution in [0.15, 0.2) is 17.3 Å². The van der Waals surface area contributed by atoms with Crippen LogP contribution in [0.1, 0.15) is 37.1 Å². The Morgan fingerprint density at radius 2 is 2.03 bits per heavy atom. The third kappa shape index (κ3) is 4.56. The number of hydrogen-bond acceptors (Lipinski definition) is 7. The molecule has 3 heterocycles. The van der Waals surface area contributed by atoms with E-state index in [9.17, 15) is 37.5 Å². The average Bonchev–Trinajstić information content (AvgIpc) is 3.48. The lowest BCUT2D eigenvalue weighted by atomic mass is 10.0. The molecule has 3 aliphatic rings. The second-order valence-corrected chi connectivity index (χ2v) is 8.98. The number of nitrogens with one attached hydrogen (secondary N) is 1. The maximum atomic E-state index is 13.0. The Labute approximate surface area is 189 Å². The number of esters is 1. The minimum atomic E-state index is -4.64. The molecule has 0 unspecified atom stereocenters. The second kappa shape index (κ2) is 8.39. The van der Waals surface area contributed by atoms with Crippen molar-refractivity contribution in [1.29, 1.82) is 0 Å². The Kier molecular flexibility index (Phi) is 5.88. The van der Waals surface area contributed by atoms with Gasteiger partial charge in [-0.3, -0.25) is 24.0 Å². The highest BCUT2D eigenvalue weighted by molar-refractivity contribution is 8.00. The highest BCUT2D eigenvalue weighted by atomic mass is 32.2. The zero-order valence-electron chi connectivity index (χ0n) is 17.2. The number of halogens is 3. The van der Waals surface area contributed by atoms with E-state index in [2.05, 4.69) is 10.4 Å². The Hall–Kier alpha value is -3.03. The van der Waals surface area contributed by atoms with Gasteiger partial charge in [-0.1, -0.05) is 0 Å². The molecule has 2 amide bonds. The predicted molar refractivity (Wildman–Crippen MR) is 106 cm³/mol. The third-order valence-corrected chi connectivity index (χ3v) is 6.75. The van der Waals surface area contributed by atoms with Gasteiger partial charge in [-0.25, -0.2) is 4.79 Å². The number of rotatable bonds is 7. The minimum absolute atomic E-state index is 0.0879. The molecule has 1 aliphatic carbocycles. The summed E-state index contributed by atoms with van der Waals surface area (Å²) >= 11 is 1.19. The molecule has 14 heteroatoms. The van der Waals surface area contributed by atoms with Crippen LogP contribution in [-0.4, -0.2) is 67.3 Å². The van der Waals surface area contributed by atoms with Gasteiger partial charge in [0.25, 0.3) is 5.91 Å². The fourth-order valence-corrected chi connectivity index (χ4v) is 5.07. The van der Waals surface area contributed by atoms with Crippen molar-refractivity contribution >= 4 is 35.5 Å². The van der Waals surface area contributed by atoms with Crippen LogP contribution in [0.4, 0.5) is 13.2 Å². The first-order valence-electron chi connectivity index (χ1n) is 9.95. The van der Waals surface area contributed by atoms with E-state index in [1.165, 1.54) is 18.7 Å². The summed E-state index contributed by atoms with van der Waals surface area (Å²) in [6.45, 7) is 0.400. The minimum Gasteiger partial charge on any atom is -0.477 e. The molecular weight excluding hydrogens is 469 g/mol. The van der Waals surface area contributed by atoms with Gasteiger partial charge in [0.1, 0.15) is 30.3 Å². The smallest absolute Gasteiger partial charge is 0.435 e. The molecule has 0 aromatic carbocycles. The van der Waals surface area contributed by atoms with Crippen LogP contribution in [-0.2, 0) is 36.6 Å². The summed E-state index contributed by atoms with van der Waals surface area (Å²) in [5.41, 5.74) is -0.810. The number of aliphatic carboxylic acids is 1. The zero-order valence-corrected chi connectivity index (χ0v) is 18.0. The SMILES string of the molecule is CC(=O)OCC1=C(C(=O)O)N2C(=O)[C@H](NC(=O)Cn3nc(C(F)(F)F)cc3C3CC3)[C@@H]2SC1. The quantitative estimate of drug-likeness (QED) is 0.431. The summed E-state index contributed by atoms with van der Waals surface area (Å²) in [7, 11) is 0. The van der Waals surface area contributed by atoms with E-state index in [1.807, 2.05) is 0 Å². The summed E-state index contributed by atoms with van der Waals surface area (Å²) in [5, 5.41) is 14.8. The molecule has 1 aromatic heterocycles. The zero-order chi connectivity index (χ0) is 24.1. The number of thioether (sulfide) groups is 1. The van der Waals surface area contributed by atoms with Gasteiger partial charge in [0, 0.05) is 29.9 Å². The summed E-state index contributed by atoms with van der Waals surface area (Å²) < 4.78 is 45.0. The van der Waals surface area contributed by atoms with Crippen LogP contribution >= 0.6 is 11.8 Å². The van der Waals surface area contributed by atoms with Crippen LogP contribution in [0.3, 0.4) is 0 Å². The molecule has 0 bridgehead atoms. The summed E-state index contributed by atoms with van der Waals surface area (Å²) in [4.78, 5) is 48.9. The molecule has 10 nitrogen and oxygen atoms in total. The molecular formula is C19H19F3N4O6S. The van der Waals surface area contributed by atoms with Crippen molar-refractivity contribution in [1.82, 2.24) is 20.0 Å². The molecule has 1 aromatic rings. The summed E-state index contributed by atoms with van der Waals surface area (Å²) in [5.74, 6) is -3.27. The third-order valence-electron chi connectivity index (χ3n) is 5.41. The van der Waals surface area contributed by atoms with Gasteiger partial charge in [0.05, 0.1) is 0 Å². The standard InChI is InChI=1S/C19H19F3N4O6S/c1-8(27)32-6-10-7-33-17-14(16(29)26(17)15(10)18(30)31)23-13(28)5-25-11(9-2-3-9)4-12(24-25)19(20,21)22/h4,9,14,17H,2-3,5-7H2,1H3,(H,23,28)(H,30,31)/t14-,17-/m0/s1. The van der Waals surface area contributed by atoms with Crippen LogP contribution < -0.4 is 5.32 Å². The molecule has 2 aliphatic heterocycles. The van der Waals surface area contributed by atoms with Crippen molar-refractivity contribution in [3.8, 4) is 0 Å². The molecule has 1 saturated carbocycles. The van der Waals surface area contributed by atoms with Crippen molar-refractivity contribution < 1.29 is 42.2 Å². The molecule has 1 saturated heterocycles. The maximum absolute atomic E-state index is 13.0. The first-order valence-corrected chi connectivity index (χ1v) is 11.0. The van der Waals surface area contributed by atoms with E-state index in [0.29, 0.717) is 18.5 Å². The number of carboxylic acid groups (broad SMARTS) is 1. The number of alkyl halides is 3. The van der Waals surface area contributed by atoms with Crippen molar-refractivity contribution in [2.24, 2.45) is 0 Å². The monoisotopic (exact) mass is 488 g/mol. The molecule has 2 atom stereocenters. The highest BCUT2D eigenvalue weighted by Crippen LogP contribution is 2.42. The lowest BCUT2D eigenvalue weighted by molar-refractivity contribution is -0.151. The van der Waals surface area contributed by atoms with Gasteiger partial charge >= 0.3 is 18.1 Å². The number of amides is 2. The first-order chi connectivity index (χ1) is 15.5. The maximum Gasteiger partial charge on any atom is 0.435 e. The summed E-state index contributed by atoms with van der Waals surface area (Å²) in [6, 6.07) is -0.0959. The first kappa shape index (κ1) is 23.1. The van der Waals surface area contributed by atoms with E-state index in [0.717, 1.165) is 15.6 Å². The van der Waals surface area contributed by atoms with E-state index < -0.39 is 53.6 Å². The Balaban J connectivity index is 1.45. The number of carboxylic acids is 1. The number of β-lactam (4-membered cyclic amide) rings is 1. The van der Waals surface area contributed by atoms with Crippen LogP contribution in [0.5, 0.6) is 0 Å². The van der Waals surface area contributed by atoms with Crippen LogP contribution in [0.25, 0.3) is 0 Å². The van der Waals surface area contributed by atoms with Gasteiger partial charge in [-0.15, -0.1) is 11.8 Å². The molecule has 2 N–H and O–H groups in total. The normalized spacial score (nSPS) is 22.5. The fraction of sp³-hybridized carbons (Fsp3) is 0.526. The number of ether oxygens (including phenoxy) is 1. The Bertz CT molecular complexity index is 1060. The van der Waals surface area contributed by atoms with E-state index in [-0.39, 0.29) is 29.5 Å². The number of carbonyl (C=O) groups is 4. The molecule has 4 rings (SSSR count). The number of carbonyl (C=O) groups excluding carboxylic acids is 3. The van der Waals surface area contributed by atoms with Gasteiger partial charge in [-0.05, 0) is 18.9 Å². The number of fused-ring (bicyclic) bond motifs is 1. The second-order valence-electron chi connectivity index (χ2n) is 7.88. The van der Waals surface area contributed by atoms with Crippen molar-refractivity contribution in [3.63, 3.8) is 0 Å². The van der Waals surface area contributed by atoms with Crippen molar-refractivity contribution in [3.05, 3.63) is 28.7 Å². The molecule has 0 spiro atoms. The summed E-state index contributed by atoms with van der Waals surface area (Å²) in [6.07, 6.45) is -3.23. The van der Waals surface area contributed by atoms with Crippen molar-refractivity contribution in [2.75, 3.05) is 12.4 Å². The number of hydrogen-bond donors (Lipinski definition) is 2. The fourth-order valence-electron chi connectivity index (χ4n) is 3.74. The largest absolute Gasteiger partial charge is 0.477 e. The number of aromatic nitrogens is 2. The number of nitrogens with zero attached hydrogens (tertiary/aromatic N) is 3. The Morgan fingerprint density at radius 1 is 1.33 bits per heavy atom. The lowest BCUT2D eigenvalue weighted by Gasteiger charge is -2.49. The topological polar surface area (TPSA) is 131 Å².